The van der Waals surface area contributed by atoms with Gasteiger partial charge in [0, 0.05) is 19.2 Å². The molecule has 3 rings (SSSR count). The Balaban J connectivity index is 1.82. The van der Waals surface area contributed by atoms with Gasteiger partial charge in [0.25, 0.3) is 17.3 Å². The van der Waals surface area contributed by atoms with E-state index in [-0.39, 0.29) is 23.4 Å². The molecule has 0 spiro atoms. The minimum absolute atomic E-state index is 0.0140. The first-order valence-electron chi connectivity index (χ1n) is 8.64. The lowest BCUT2D eigenvalue weighted by molar-refractivity contribution is -0.393. The van der Waals surface area contributed by atoms with E-state index < -0.39 is 15.5 Å². The lowest BCUT2D eigenvalue weighted by atomic mass is 10.1. The van der Waals surface area contributed by atoms with E-state index in [1.165, 1.54) is 6.07 Å². The number of nitro benzene ring substituents is 2. The molecule has 10 nitrogen and oxygen atoms in total. The Hall–Kier alpha value is -3.53. The van der Waals surface area contributed by atoms with Crippen molar-refractivity contribution >= 4 is 28.7 Å². The number of amides is 1. The third kappa shape index (κ3) is 4.41. The van der Waals surface area contributed by atoms with Gasteiger partial charge in [-0.2, -0.15) is 0 Å². The van der Waals surface area contributed by atoms with Gasteiger partial charge in [-0.25, -0.2) is 0 Å². The second-order valence-corrected chi connectivity index (χ2v) is 6.23. The van der Waals surface area contributed by atoms with E-state index in [0.717, 1.165) is 25.0 Å². The molecule has 1 aliphatic rings. The molecule has 146 valence electrons. The Kier molecular flexibility index (Phi) is 5.80. The average molecular weight is 386 g/mol. The number of anilines is 2. The largest absolute Gasteiger partial charge is 0.376 e. The van der Waals surface area contributed by atoms with Gasteiger partial charge in [0.05, 0.1) is 33.3 Å². The molecule has 1 unspecified atom stereocenters. The highest BCUT2D eigenvalue weighted by Gasteiger charge is 2.22. The summed E-state index contributed by atoms with van der Waals surface area (Å²) in [6, 6.07) is 9.83. The molecule has 1 atom stereocenters. The van der Waals surface area contributed by atoms with E-state index in [0.29, 0.717) is 24.4 Å². The minimum Gasteiger partial charge on any atom is -0.376 e. The molecular weight excluding hydrogens is 368 g/mol. The summed E-state index contributed by atoms with van der Waals surface area (Å²) < 4.78 is 5.48. The van der Waals surface area contributed by atoms with E-state index in [1.807, 2.05) is 0 Å². The fourth-order valence-corrected chi connectivity index (χ4v) is 2.93. The normalized spacial score (nSPS) is 15.8. The van der Waals surface area contributed by atoms with Gasteiger partial charge >= 0.3 is 0 Å². The number of ether oxygens (including phenoxy) is 1. The van der Waals surface area contributed by atoms with Gasteiger partial charge in [-0.1, -0.05) is 12.1 Å². The summed E-state index contributed by atoms with van der Waals surface area (Å²) in [5.41, 5.74) is -0.143. The molecule has 2 N–H and O–H groups in total. The first-order chi connectivity index (χ1) is 13.5. The number of nitrogens with one attached hydrogen (secondary N) is 2. The van der Waals surface area contributed by atoms with Crippen LogP contribution in [0.2, 0.25) is 0 Å². The van der Waals surface area contributed by atoms with Gasteiger partial charge in [-0.05, 0) is 31.0 Å². The van der Waals surface area contributed by atoms with Crippen LogP contribution in [0.15, 0.2) is 42.5 Å². The lowest BCUT2D eigenvalue weighted by Crippen LogP contribution is -2.32. The van der Waals surface area contributed by atoms with E-state index >= 15 is 0 Å². The van der Waals surface area contributed by atoms with Crippen molar-refractivity contribution in [3.8, 4) is 0 Å². The molecule has 1 fully saturated rings. The zero-order chi connectivity index (χ0) is 20.1. The second kappa shape index (κ2) is 8.44. The van der Waals surface area contributed by atoms with Gasteiger partial charge in [0.1, 0.15) is 5.69 Å². The first kappa shape index (κ1) is 19.2. The minimum atomic E-state index is -0.713. The molecule has 1 amide bonds. The number of rotatable bonds is 7. The number of hydrogen-bond donors (Lipinski definition) is 2. The van der Waals surface area contributed by atoms with Crippen LogP contribution in [0.3, 0.4) is 0 Å². The summed E-state index contributed by atoms with van der Waals surface area (Å²) >= 11 is 0. The summed E-state index contributed by atoms with van der Waals surface area (Å²) in [5, 5.41) is 27.8. The number of benzene rings is 2. The molecule has 0 aliphatic carbocycles. The highest BCUT2D eigenvalue weighted by Crippen LogP contribution is 2.32. The van der Waals surface area contributed by atoms with E-state index in [9.17, 15) is 25.0 Å². The third-order valence-corrected chi connectivity index (χ3v) is 4.34. The molecule has 28 heavy (non-hydrogen) atoms. The van der Waals surface area contributed by atoms with Crippen LogP contribution in [0.4, 0.5) is 22.7 Å². The standard InChI is InChI=1S/C18H18N4O6/c23-18(19-11-13-4-3-9-28-13)14-5-1-2-6-15(14)20-16-8-7-12(21(24)25)10-17(16)22(26)27/h1-2,5-8,10,13,20H,3-4,9,11H2,(H,19,23). The highest BCUT2D eigenvalue weighted by molar-refractivity contribution is 6.00. The highest BCUT2D eigenvalue weighted by atomic mass is 16.6. The molecule has 2 aromatic carbocycles. The number of nitro groups is 2. The summed E-state index contributed by atoms with van der Waals surface area (Å²) in [6.07, 6.45) is 1.83. The van der Waals surface area contributed by atoms with Crippen molar-refractivity contribution in [1.82, 2.24) is 5.32 Å². The predicted octanol–water partition coefficient (Wildman–Crippen LogP) is 3.16. The van der Waals surface area contributed by atoms with E-state index in [4.69, 9.17) is 4.74 Å². The van der Waals surface area contributed by atoms with Crippen LogP contribution in [0.1, 0.15) is 23.2 Å². The van der Waals surface area contributed by atoms with Crippen LogP contribution in [0.25, 0.3) is 0 Å². The number of carbonyl (C=O) groups is 1. The molecule has 1 saturated heterocycles. The van der Waals surface area contributed by atoms with Crippen molar-refractivity contribution < 1.29 is 19.4 Å². The smallest absolute Gasteiger partial charge is 0.299 e. The topological polar surface area (TPSA) is 137 Å². The number of carbonyl (C=O) groups excluding carboxylic acids is 1. The molecule has 0 bridgehead atoms. The summed E-state index contributed by atoms with van der Waals surface area (Å²) in [4.78, 5) is 33.3. The molecule has 1 heterocycles. The van der Waals surface area contributed by atoms with Crippen LogP contribution in [0, 0.1) is 20.2 Å². The predicted molar refractivity (Wildman–Crippen MR) is 101 cm³/mol. The number of hydrogen-bond acceptors (Lipinski definition) is 7. The van der Waals surface area contributed by atoms with Crippen LogP contribution in [-0.2, 0) is 4.74 Å². The SMILES string of the molecule is O=C(NCC1CCCO1)c1ccccc1Nc1ccc([N+](=O)[O-])cc1[N+](=O)[O-]. The average Bonchev–Trinajstić information content (AvgIpc) is 3.20. The zero-order valence-corrected chi connectivity index (χ0v) is 14.8. The molecule has 10 heteroatoms. The Morgan fingerprint density at radius 2 is 1.89 bits per heavy atom. The van der Waals surface area contributed by atoms with Crippen molar-refractivity contribution in [3.05, 3.63) is 68.3 Å². The van der Waals surface area contributed by atoms with E-state index in [2.05, 4.69) is 10.6 Å². The Labute approximate surface area is 159 Å². The summed E-state index contributed by atoms with van der Waals surface area (Å²) in [7, 11) is 0. The maximum absolute atomic E-state index is 12.5. The quantitative estimate of drug-likeness (QED) is 0.551. The van der Waals surface area contributed by atoms with Gasteiger partial charge in [-0.15, -0.1) is 0 Å². The Morgan fingerprint density at radius 1 is 1.11 bits per heavy atom. The molecular formula is C18H18N4O6. The second-order valence-electron chi connectivity index (χ2n) is 6.23. The van der Waals surface area contributed by atoms with Crippen LogP contribution in [-0.4, -0.2) is 35.0 Å². The van der Waals surface area contributed by atoms with E-state index in [1.54, 1.807) is 24.3 Å². The van der Waals surface area contributed by atoms with Crippen molar-refractivity contribution in [2.75, 3.05) is 18.5 Å². The van der Waals surface area contributed by atoms with Gasteiger partial charge in [0.2, 0.25) is 0 Å². The summed E-state index contributed by atoms with van der Waals surface area (Å²) in [5.74, 6) is -0.344. The summed E-state index contributed by atoms with van der Waals surface area (Å²) in [6.45, 7) is 1.06. The molecule has 0 aromatic heterocycles. The van der Waals surface area contributed by atoms with Gasteiger partial charge in [-0.3, -0.25) is 25.0 Å². The van der Waals surface area contributed by atoms with Crippen LogP contribution in [0.5, 0.6) is 0 Å². The van der Waals surface area contributed by atoms with Crippen molar-refractivity contribution in [2.45, 2.75) is 18.9 Å². The van der Waals surface area contributed by atoms with Crippen molar-refractivity contribution in [2.24, 2.45) is 0 Å². The Morgan fingerprint density at radius 3 is 2.57 bits per heavy atom. The fraction of sp³-hybridized carbons (Fsp3) is 0.278. The zero-order valence-electron chi connectivity index (χ0n) is 14.8. The molecule has 0 radical (unpaired) electrons. The van der Waals surface area contributed by atoms with Gasteiger partial charge < -0.3 is 15.4 Å². The first-order valence-corrected chi connectivity index (χ1v) is 8.64. The molecule has 2 aromatic rings. The van der Waals surface area contributed by atoms with Gasteiger partial charge in [0.15, 0.2) is 0 Å². The number of para-hydroxylation sites is 1. The molecule has 1 aliphatic heterocycles. The van der Waals surface area contributed by atoms with Crippen molar-refractivity contribution in [3.63, 3.8) is 0 Å². The maximum Gasteiger partial charge on any atom is 0.299 e. The Bertz CT molecular complexity index is 911. The number of non-ortho nitro benzene ring substituents is 1. The van der Waals surface area contributed by atoms with Crippen molar-refractivity contribution in [1.29, 1.82) is 0 Å². The molecule has 0 saturated carbocycles. The lowest BCUT2D eigenvalue weighted by Gasteiger charge is -2.14. The van der Waals surface area contributed by atoms with Crippen LogP contribution < -0.4 is 10.6 Å². The third-order valence-electron chi connectivity index (χ3n) is 4.34. The maximum atomic E-state index is 12.5. The van der Waals surface area contributed by atoms with Crippen LogP contribution >= 0.6 is 0 Å². The monoisotopic (exact) mass is 386 g/mol. The number of nitrogens with zero attached hydrogens (tertiary/aromatic N) is 2. The fourth-order valence-electron chi connectivity index (χ4n) is 2.93.